The number of nitrogens with two attached hydrogens (primary N) is 1. The van der Waals surface area contributed by atoms with E-state index in [0.717, 1.165) is 51.5 Å². The fourth-order valence-electron chi connectivity index (χ4n) is 1.60. The highest BCUT2D eigenvalue weighted by Gasteiger charge is 1.77. The molecule has 0 rings (SSSR count). The van der Waals surface area contributed by atoms with Gasteiger partial charge < -0.3 is 5.73 Å². The summed E-state index contributed by atoms with van der Waals surface area (Å²) < 4.78 is 0. The lowest BCUT2D eigenvalue weighted by Gasteiger charge is -1.87. The van der Waals surface area contributed by atoms with Crippen LogP contribution in [0, 0.1) is 0 Å². The van der Waals surface area contributed by atoms with Crippen LogP contribution in [0.3, 0.4) is 0 Å². The second-order valence-corrected chi connectivity index (χ2v) is 4.64. The van der Waals surface area contributed by atoms with Crippen LogP contribution in [0.4, 0.5) is 0 Å². The zero-order valence-corrected chi connectivity index (χ0v) is 13.0. The van der Waals surface area contributed by atoms with Gasteiger partial charge in [-0.1, -0.05) is 67.7 Å². The number of unbranched alkanes of at least 4 members (excludes halogenated alkanes) is 1. The molecule has 1 nitrogen and oxygen atoms in total. The number of hydrogen-bond acceptors (Lipinski definition) is 1. The Hall–Kier alpha value is -1.34. The van der Waals surface area contributed by atoms with Crippen molar-refractivity contribution in [3.63, 3.8) is 0 Å². The van der Waals surface area contributed by atoms with Crippen molar-refractivity contribution in [2.24, 2.45) is 5.73 Å². The average Bonchev–Trinajstić information content (AvgIpc) is 2.47. The first-order valence-electron chi connectivity index (χ1n) is 7.86. The van der Waals surface area contributed by atoms with Crippen molar-refractivity contribution in [1.29, 1.82) is 0 Å². The van der Waals surface area contributed by atoms with E-state index in [4.69, 9.17) is 5.73 Å². The third-order valence-electron chi connectivity index (χ3n) is 2.73. The second kappa shape index (κ2) is 17.7. The first-order chi connectivity index (χ1) is 9.91. The molecule has 1 heteroatoms. The molecule has 0 heterocycles. The first kappa shape index (κ1) is 18.7. The zero-order valence-electron chi connectivity index (χ0n) is 13.0. The molecule has 0 fully saturated rings. The van der Waals surface area contributed by atoms with E-state index in [2.05, 4.69) is 67.7 Å². The lowest BCUT2D eigenvalue weighted by molar-refractivity contribution is 0.853. The van der Waals surface area contributed by atoms with Crippen LogP contribution < -0.4 is 5.73 Å². The van der Waals surface area contributed by atoms with Gasteiger partial charge in [0.2, 0.25) is 0 Å². The van der Waals surface area contributed by atoms with E-state index in [0.29, 0.717) is 0 Å². The zero-order chi connectivity index (χ0) is 14.7. The van der Waals surface area contributed by atoms with Crippen molar-refractivity contribution in [2.75, 3.05) is 6.54 Å². The van der Waals surface area contributed by atoms with E-state index in [-0.39, 0.29) is 0 Å². The molecule has 0 saturated carbocycles. The van der Waals surface area contributed by atoms with Gasteiger partial charge in [-0.05, 0) is 51.5 Å². The second-order valence-electron chi connectivity index (χ2n) is 4.64. The first-order valence-corrected chi connectivity index (χ1v) is 7.86. The molecule has 112 valence electrons. The summed E-state index contributed by atoms with van der Waals surface area (Å²) >= 11 is 0. The van der Waals surface area contributed by atoms with Crippen LogP contribution in [0.25, 0.3) is 0 Å². The molecule has 20 heavy (non-hydrogen) atoms. The molecule has 0 atom stereocenters. The van der Waals surface area contributed by atoms with E-state index in [1.54, 1.807) is 0 Å². The van der Waals surface area contributed by atoms with Gasteiger partial charge in [-0.2, -0.15) is 0 Å². The highest BCUT2D eigenvalue weighted by Crippen LogP contribution is 1.96. The minimum atomic E-state index is 0.786. The van der Waals surface area contributed by atoms with E-state index in [1.165, 1.54) is 0 Å². The third kappa shape index (κ3) is 16.7. The van der Waals surface area contributed by atoms with Crippen molar-refractivity contribution < 1.29 is 0 Å². The molecular formula is C19H31N. The summed E-state index contributed by atoms with van der Waals surface area (Å²) in [5.41, 5.74) is 5.43. The van der Waals surface area contributed by atoms with Crippen LogP contribution >= 0.6 is 0 Å². The maximum Gasteiger partial charge on any atom is -0.00743 e. The highest BCUT2D eigenvalue weighted by molar-refractivity contribution is 5.00. The molecule has 0 spiro atoms. The van der Waals surface area contributed by atoms with Crippen LogP contribution in [0.1, 0.15) is 51.9 Å². The Morgan fingerprint density at radius 1 is 0.600 bits per heavy atom. The fraction of sp³-hybridized carbons (Fsp3) is 0.474. The largest absolute Gasteiger partial charge is 0.330 e. The minimum absolute atomic E-state index is 0.786. The Bertz CT molecular complexity index is 319. The molecule has 0 bridgehead atoms. The van der Waals surface area contributed by atoms with Crippen LogP contribution in [-0.4, -0.2) is 6.54 Å². The predicted octanol–water partition coefficient (Wildman–Crippen LogP) is 5.48. The normalized spacial score (nSPS) is 13.1. The van der Waals surface area contributed by atoms with Gasteiger partial charge in [-0.15, -0.1) is 0 Å². The van der Waals surface area contributed by atoms with Gasteiger partial charge in [-0.25, -0.2) is 0 Å². The SMILES string of the molecule is CC/C=C\C/C=C\C/C=C\C/C=C\C/C=C\CCCN. The molecule has 0 aliphatic rings. The van der Waals surface area contributed by atoms with Gasteiger partial charge in [0.25, 0.3) is 0 Å². The van der Waals surface area contributed by atoms with Crippen LogP contribution in [0.15, 0.2) is 60.8 Å². The minimum Gasteiger partial charge on any atom is -0.330 e. The Labute approximate surface area is 125 Å². The van der Waals surface area contributed by atoms with Crippen molar-refractivity contribution >= 4 is 0 Å². The van der Waals surface area contributed by atoms with Gasteiger partial charge in [0, 0.05) is 0 Å². The molecule has 0 aromatic carbocycles. The summed E-state index contributed by atoms with van der Waals surface area (Å²) in [5.74, 6) is 0. The summed E-state index contributed by atoms with van der Waals surface area (Å²) in [5, 5.41) is 0. The highest BCUT2D eigenvalue weighted by atomic mass is 14.5. The summed E-state index contributed by atoms with van der Waals surface area (Å²) in [6, 6.07) is 0. The van der Waals surface area contributed by atoms with E-state index < -0.39 is 0 Å². The molecule has 0 saturated heterocycles. The smallest absolute Gasteiger partial charge is 0.00743 e. The van der Waals surface area contributed by atoms with Crippen molar-refractivity contribution in [3.05, 3.63) is 60.8 Å². The predicted molar refractivity (Wildman–Crippen MR) is 92.7 cm³/mol. The van der Waals surface area contributed by atoms with Crippen LogP contribution in [-0.2, 0) is 0 Å². The molecule has 0 radical (unpaired) electrons. The topological polar surface area (TPSA) is 26.0 Å². The van der Waals surface area contributed by atoms with Crippen molar-refractivity contribution in [1.82, 2.24) is 0 Å². The van der Waals surface area contributed by atoms with E-state index in [9.17, 15) is 0 Å². The van der Waals surface area contributed by atoms with E-state index >= 15 is 0 Å². The standard InChI is InChI=1S/C19H31N/c1-2-3-4-5-6-7-8-9-10-11-12-13-14-15-16-17-18-19-20/h3-4,6-7,9-10,12-13,15-16H,2,5,8,11,14,17-20H2,1H3/b4-3-,7-6-,10-9-,13-12-,16-15-. The maximum atomic E-state index is 5.43. The Balaban J connectivity index is 3.42. The molecule has 0 aromatic heterocycles. The summed E-state index contributed by atoms with van der Waals surface area (Å²) in [6.45, 7) is 2.95. The van der Waals surface area contributed by atoms with Crippen LogP contribution in [0.2, 0.25) is 0 Å². The Morgan fingerprint density at radius 2 is 1.00 bits per heavy atom. The maximum absolute atomic E-state index is 5.43. The molecular weight excluding hydrogens is 242 g/mol. The third-order valence-corrected chi connectivity index (χ3v) is 2.73. The quantitative estimate of drug-likeness (QED) is 0.370. The lowest BCUT2D eigenvalue weighted by atomic mass is 10.2. The molecule has 0 aromatic rings. The van der Waals surface area contributed by atoms with Gasteiger partial charge >= 0.3 is 0 Å². The van der Waals surface area contributed by atoms with Gasteiger partial charge in [-0.3, -0.25) is 0 Å². The summed E-state index contributed by atoms with van der Waals surface area (Å²) in [4.78, 5) is 0. The summed E-state index contributed by atoms with van der Waals surface area (Å²) in [7, 11) is 0. The molecule has 2 N–H and O–H groups in total. The molecule has 0 amide bonds. The van der Waals surface area contributed by atoms with Crippen molar-refractivity contribution in [2.45, 2.75) is 51.9 Å². The lowest BCUT2D eigenvalue weighted by Crippen LogP contribution is -1.96. The number of hydrogen-bond donors (Lipinski definition) is 1. The van der Waals surface area contributed by atoms with E-state index in [1.807, 2.05) is 0 Å². The molecule has 0 aliphatic carbocycles. The number of rotatable bonds is 12. The molecule has 0 unspecified atom stereocenters. The Morgan fingerprint density at radius 3 is 1.40 bits per heavy atom. The van der Waals surface area contributed by atoms with Crippen molar-refractivity contribution in [3.8, 4) is 0 Å². The van der Waals surface area contributed by atoms with Crippen LogP contribution in [0.5, 0.6) is 0 Å². The van der Waals surface area contributed by atoms with Gasteiger partial charge in [0.15, 0.2) is 0 Å². The monoisotopic (exact) mass is 273 g/mol. The fourth-order valence-corrected chi connectivity index (χ4v) is 1.60. The number of allylic oxidation sites excluding steroid dienone is 10. The van der Waals surface area contributed by atoms with Gasteiger partial charge in [0.1, 0.15) is 0 Å². The summed E-state index contributed by atoms with van der Waals surface area (Å²) in [6.07, 6.45) is 29.6. The average molecular weight is 273 g/mol. The van der Waals surface area contributed by atoms with Gasteiger partial charge in [0.05, 0.1) is 0 Å². The molecule has 0 aliphatic heterocycles. The Kier molecular flexibility index (Phi) is 16.5.